The van der Waals surface area contributed by atoms with Gasteiger partial charge < -0.3 is 15.5 Å². The second kappa shape index (κ2) is 5.04. The minimum Gasteiger partial charge on any atom is -0.481 e. The quantitative estimate of drug-likeness (QED) is 0.616. The minimum absolute atomic E-state index is 0.0163. The predicted molar refractivity (Wildman–Crippen MR) is 62.4 cm³/mol. The zero-order valence-corrected chi connectivity index (χ0v) is 10.5. The molecule has 0 aliphatic heterocycles. The van der Waals surface area contributed by atoms with Crippen molar-refractivity contribution in [2.24, 2.45) is 10.8 Å². The maximum atomic E-state index is 11.6. The van der Waals surface area contributed by atoms with Gasteiger partial charge in [0.2, 0.25) is 5.91 Å². The molecule has 0 unspecified atom stereocenters. The second-order valence-electron chi connectivity index (χ2n) is 5.62. The van der Waals surface area contributed by atoms with E-state index in [1.165, 1.54) is 13.8 Å². The molecule has 17 heavy (non-hydrogen) atoms. The van der Waals surface area contributed by atoms with E-state index in [4.69, 9.17) is 10.2 Å². The van der Waals surface area contributed by atoms with Crippen LogP contribution in [0.1, 0.15) is 39.5 Å². The summed E-state index contributed by atoms with van der Waals surface area (Å²) in [7, 11) is 0. The Morgan fingerprint density at radius 3 is 2.35 bits per heavy atom. The van der Waals surface area contributed by atoms with Gasteiger partial charge in [0.05, 0.1) is 5.41 Å². The molecule has 5 heteroatoms. The van der Waals surface area contributed by atoms with Crippen LogP contribution in [0, 0.1) is 10.8 Å². The fourth-order valence-corrected chi connectivity index (χ4v) is 1.75. The van der Waals surface area contributed by atoms with Crippen molar-refractivity contribution in [1.82, 2.24) is 5.32 Å². The molecule has 1 aliphatic rings. The summed E-state index contributed by atoms with van der Waals surface area (Å²) in [5.41, 5.74) is -0.963. The van der Waals surface area contributed by atoms with Crippen LogP contribution in [0.15, 0.2) is 0 Å². The lowest BCUT2D eigenvalue weighted by Gasteiger charge is -2.20. The summed E-state index contributed by atoms with van der Waals surface area (Å²) >= 11 is 0. The first-order chi connectivity index (χ1) is 7.81. The maximum absolute atomic E-state index is 11.6. The van der Waals surface area contributed by atoms with Gasteiger partial charge in [0.25, 0.3) is 0 Å². The zero-order valence-electron chi connectivity index (χ0n) is 10.5. The van der Waals surface area contributed by atoms with Gasteiger partial charge in [-0.15, -0.1) is 0 Å². The molecule has 0 aromatic rings. The summed E-state index contributed by atoms with van der Waals surface area (Å²) in [5.74, 6) is -1.20. The summed E-state index contributed by atoms with van der Waals surface area (Å²) in [5, 5.41) is 20.5. The van der Waals surface area contributed by atoms with E-state index in [0.717, 1.165) is 12.8 Å². The molecular weight excluding hydrogens is 222 g/mol. The number of hydrogen-bond donors (Lipinski definition) is 3. The van der Waals surface area contributed by atoms with E-state index in [1.807, 2.05) is 0 Å². The number of amides is 1. The summed E-state index contributed by atoms with van der Waals surface area (Å²) in [6, 6.07) is 0. The van der Waals surface area contributed by atoms with Crippen LogP contribution in [0.4, 0.5) is 0 Å². The molecule has 1 amide bonds. The number of hydrogen-bond acceptors (Lipinski definition) is 3. The summed E-state index contributed by atoms with van der Waals surface area (Å²) in [6.45, 7) is 3.75. The molecule has 3 N–H and O–H groups in total. The number of rotatable bonds is 7. The third-order valence-electron chi connectivity index (χ3n) is 3.44. The Balaban J connectivity index is 2.33. The lowest BCUT2D eigenvalue weighted by molar-refractivity contribution is -0.149. The number of aliphatic carboxylic acids is 1. The molecule has 0 atom stereocenters. The van der Waals surface area contributed by atoms with Gasteiger partial charge in [-0.25, -0.2) is 0 Å². The Labute approximate surface area is 101 Å². The highest BCUT2D eigenvalue weighted by Crippen LogP contribution is 2.47. The van der Waals surface area contributed by atoms with E-state index in [2.05, 4.69) is 5.32 Å². The Hall–Kier alpha value is -1.10. The van der Waals surface area contributed by atoms with Crippen LogP contribution in [-0.2, 0) is 9.59 Å². The molecule has 98 valence electrons. The molecule has 0 aromatic carbocycles. The first-order valence-corrected chi connectivity index (χ1v) is 5.92. The van der Waals surface area contributed by atoms with Gasteiger partial charge in [-0.3, -0.25) is 9.59 Å². The van der Waals surface area contributed by atoms with E-state index >= 15 is 0 Å². The SMILES string of the molecule is CC(C)(CC(=O)NCC1(CCO)CC1)C(=O)O. The van der Waals surface area contributed by atoms with Gasteiger partial charge in [0.15, 0.2) is 0 Å². The van der Waals surface area contributed by atoms with Crippen LogP contribution < -0.4 is 5.32 Å². The van der Waals surface area contributed by atoms with Crippen molar-refractivity contribution in [2.45, 2.75) is 39.5 Å². The number of carboxylic acids is 1. The summed E-state index contributed by atoms with van der Waals surface area (Å²) in [6.07, 6.45) is 2.74. The third-order valence-corrected chi connectivity index (χ3v) is 3.44. The van der Waals surface area contributed by atoms with Crippen LogP contribution in [0.3, 0.4) is 0 Å². The Kier molecular flexibility index (Phi) is 4.14. The average Bonchev–Trinajstić information content (AvgIpc) is 2.95. The molecule has 0 aromatic heterocycles. The average molecular weight is 243 g/mol. The van der Waals surface area contributed by atoms with Crippen molar-refractivity contribution in [1.29, 1.82) is 0 Å². The van der Waals surface area contributed by atoms with Crippen molar-refractivity contribution < 1.29 is 19.8 Å². The number of nitrogens with one attached hydrogen (secondary N) is 1. The zero-order chi connectivity index (χ0) is 13.1. The van der Waals surface area contributed by atoms with Gasteiger partial charge >= 0.3 is 5.97 Å². The lowest BCUT2D eigenvalue weighted by atomic mass is 9.89. The first-order valence-electron chi connectivity index (χ1n) is 5.92. The number of aliphatic hydroxyl groups excluding tert-OH is 1. The van der Waals surface area contributed by atoms with Crippen molar-refractivity contribution >= 4 is 11.9 Å². The number of aliphatic hydroxyl groups is 1. The molecule has 1 aliphatic carbocycles. The molecule has 0 bridgehead atoms. The highest BCUT2D eigenvalue weighted by Gasteiger charge is 2.42. The van der Waals surface area contributed by atoms with Crippen molar-refractivity contribution in [3.63, 3.8) is 0 Å². The Bertz CT molecular complexity index is 308. The fourth-order valence-electron chi connectivity index (χ4n) is 1.75. The largest absolute Gasteiger partial charge is 0.481 e. The van der Waals surface area contributed by atoms with Gasteiger partial charge in [-0.05, 0) is 38.5 Å². The summed E-state index contributed by atoms with van der Waals surface area (Å²) < 4.78 is 0. The second-order valence-corrected chi connectivity index (χ2v) is 5.62. The van der Waals surface area contributed by atoms with Crippen LogP contribution >= 0.6 is 0 Å². The highest BCUT2D eigenvalue weighted by molar-refractivity contribution is 5.84. The van der Waals surface area contributed by atoms with Crippen LogP contribution in [-0.4, -0.2) is 35.2 Å². The standard InChI is InChI=1S/C12H21NO4/c1-11(2,10(16)17)7-9(15)13-8-12(3-4-12)5-6-14/h14H,3-8H2,1-2H3,(H,13,15)(H,16,17). The highest BCUT2D eigenvalue weighted by atomic mass is 16.4. The van der Waals surface area contributed by atoms with E-state index in [1.54, 1.807) is 0 Å². The molecule has 0 heterocycles. The van der Waals surface area contributed by atoms with Crippen molar-refractivity contribution in [2.75, 3.05) is 13.2 Å². The van der Waals surface area contributed by atoms with E-state index < -0.39 is 11.4 Å². The normalized spacial score (nSPS) is 17.6. The van der Waals surface area contributed by atoms with Gasteiger partial charge in [0.1, 0.15) is 0 Å². The van der Waals surface area contributed by atoms with Crippen LogP contribution in [0.25, 0.3) is 0 Å². The smallest absolute Gasteiger partial charge is 0.309 e. The number of carbonyl (C=O) groups excluding carboxylic acids is 1. The molecule has 1 saturated carbocycles. The number of carbonyl (C=O) groups is 2. The Morgan fingerprint density at radius 1 is 1.35 bits per heavy atom. The third kappa shape index (κ3) is 4.00. The fraction of sp³-hybridized carbons (Fsp3) is 0.833. The molecule has 1 fully saturated rings. The van der Waals surface area contributed by atoms with Crippen molar-refractivity contribution in [3.05, 3.63) is 0 Å². The van der Waals surface area contributed by atoms with Crippen LogP contribution in [0.5, 0.6) is 0 Å². The molecule has 0 saturated heterocycles. The van der Waals surface area contributed by atoms with E-state index in [0.29, 0.717) is 13.0 Å². The lowest BCUT2D eigenvalue weighted by Crippen LogP contribution is -2.36. The first kappa shape index (κ1) is 14.0. The molecule has 0 spiro atoms. The monoisotopic (exact) mass is 243 g/mol. The van der Waals surface area contributed by atoms with E-state index in [-0.39, 0.29) is 24.3 Å². The van der Waals surface area contributed by atoms with Gasteiger partial charge in [-0.1, -0.05) is 0 Å². The predicted octanol–water partition coefficient (Wildman–Crippen LogP) is 0.766. The molecule has 1 rings (SSSR count). The van der Waals surface area contributed by atoms with Gasteiger partial charge in [-0.2, -0.15) is 0 Å². The minimum atomic E-state index is -1.03. The summed E-state index contributed by atoms with van der Waals surface area (Å²) in [4.78, 5) is 22.5. The van der Waals surface area contributed by atoms with Crippen LogP contribution in [0.2, 0.25) is 0 Å². The topological polar surface area (TPSA) is 86.6 Å². The van der Waals surface area contributed by atoms with Gasteiger partial charge in [0, 0.05) is 19.6 Å². The Morgan fingerprint density at radius 2 is 1.94 bits per heavy atom. The molecular formula is C12H21NO4. The van der Waals surface area contributed by atoms with E-state index in [9.17, 15) is 9.59 Å². The number of carboxylic acid groups (broad SMARTS) is 1. The molecule has 0 radical (unpaired) electrons. The van der Waals surface area contributed by atoms with Crippen molar-refractivity contribution in [3.8, 4) is 0 Å². The maximum Gasteiger partial charge on any atom is 0.309 e. The molecule has 5 nitrogen and oxygen atoms in total.